The first-order valence-corrected chi connectivity index (χ1v) is 6.13. The van der Waals surface area contributed by atoms with E-state index in [1.54, 1.807) is 12.1 Å². The molecular formula is C15H14ClFN2O. The fraction of sp³-hybridized carbons (Fsp3) is 0.133. The third kappa shape index (κ3) is 2.91. The predicted octanol–water partition coefficient (Wildman–Crippen LogP) is 3.22. The highest BCUT2D eigenvalue weighted by Crippen LogP contribution is 2.25. The maximum absolute atomic E-state index is 12.8. The zero-order chi connectivity index (χ0) is 13.2. The maximum atomic E-state index is 12.8. The van der Waals surface area contributed by atoms with Gasteiger partial charge >= 0.3 is 0 Å². The van der Waals surface area contributed by atoms with Crippen molar-refractivity contribution in [1.82, 2.24) is 0 Å². The summed E-state index contributed by atoms with van der Waals surface area (Å²) in [5.74, 6) is -0.424. The Morgan fingerprint density at radius 3 is 2.55 bits per heavy atom. The quantitative estimate of drug-likeness (QED) is 0.892. The Balaban J connectivity index is 0.00000147. The van der Waals surface area contributed by atoms with E-state index in [1.807, 2.05) is 24.3 Å². The molecule has 0 unspecified atom stereocenters. The van der Waals surface area contributed by atoms with Crippen molar-refractivity contribution < 1.29 is 9.18 Å². The molecule has 0 spiro atoms. The predicted molar refractivity (Wildman–Crippen MR) is 79.8 cm³/mol. The number of amides is 1. The average Bonchev–Trinajstić information content (AvgIpc) is 2.85. The minimum atomic E-state index is -0.315. The van der Waals surface area contributed by atoms with E-state index in [2.05, 4.69) is 10.6 Å². The van der Waals surface area contributed by atoms with E-state index in [0.717, 1.165) is 11.3 Å². The second-order valence-electron chi connectivity index (χ2n) is 4.55. The van der Waals surface area contributed by atoms with Gasteiger partial charge in [-0.3, -0.25) is 4.79 Å². The largest absolute Gasteiger partial charge is 0.373 e. The summed E-state index contributed by atoms with van der Waals surface area (Å²) in [4.78, 5) is 12.1. The lowest BCUT2D eigenvalue weighted by Crippen LogP contribution is -2.32. The van der Waals surface area contributed by atoms with Crippen LogP contribution < -0.4 is 10.6 Å². The molecule has 0 radical (unpaired) electrons. The van der Waals surface area contributed by atoms with Crippen LogP contribution in [0.3, 0.4) is 0 Å². The van der Waals surface area contributed by atoms with E-state index in [0.29, 0.717) is 12.1 Å². The standard InChI is InChI=1S/C15H13FN2O.ClH/c16-11-5-7-12(8-6-11)17-15(19)14-9-10-3-1-2-4-13(10)18-14;/h1-8,14,18H,9H2,(H,17,19);1H/t14-;/m0./s1. The van der Waals surface area contributed by atoms with Crippen LogP contribution in [0.2, 0.25) is 0 Å². The number of halogens is 2. The Kier molecular flexibility index (Phi) is 4.25. The summed E-state index contributed by atoms with van der Waals surface area (Å²) < 4.78 is 12.8. The fourth-order valence-electron chi connectivity index (χ4n) is 2.22. The molecule has 0 aliphatic carbocycles. The molecule has 1 aliphatic heterocycles. The SMILES string of the molecule is Cl.O=C(Nc1ccc(F)cc1)[C@@H]1Cc2ccccc2N1. The monoisotopic (exact) mass is 292 g/mol. The minimum Gasteiger partial charge on any atom is -0.373 e. The van der Waals surface area contributed by atoms with E-state index >= 15 is 0 Å². The molecule has 1 heterocycles. The Labute approximate surface area is 122 Å². The topological polar surface area (TPSA) is 41.1 Å². The lowest BCUT2D eigenvalue weighted by molar-refractivity contribution is -0.116. The van der Waals surface area contributed by atoms with Gasteiger partial charge in [0.05, 0.1) is 0 Å². The summed E-state index contributed by atoms with van der Waals surface area (Å²) in [6.07, 6.45) is 0.670. The van der Waals surface area contributed by atoms with Gasteiger partial charge in [0.1, 0.15) is 11.9 Å². The fourth-order valence-corrected chi connectivity index (χ4v) is 2.22. The van der Waals surface area contributed by atoms with Crippen LogP contribution in [0, 0.1) is 5.82 Å². The van der Waals surface area contributed by atoms with Crippen LogP contribution in [0.5, 0.6) is 0 Å². The van der Waals surface area contributed by atoms with E-state index in [1.165, 1.54) is 12.1 Å². The van der Waals surface area contributed by atoms with E-state index in [4.69, 9.17) is 0 Å². The molecule has 104 valence electrons. The summed E-state index contributed by atoms with van der Waals surface area (Å²) in [5, 5.41) is 5.96. The lowest BCUT2D eigenvalue weighted by atomic mass is 10.1. The molecule has 0 fully saturated rings. The maximum Gasteiger partial charge on any atom is 0.247 e. The summed E-state index contributed by atoms with van der Waals surface area (Å²) >= 11 is 0. The van der Waals surface area contributed by atoms with Crippen LogP contribution in [-0.2, 0) is 11.2 Å². The molecule has 2 aromatic carbocycles. The highest BCUT2D eigenvalue weighted by molar-refractivity contribution is 5.98. The van der Waals surface area contributed by atoms with Crippen LogP contribution in [0.4, 0.5) is 15.8 Å². The Morgan fingerprint density at radius 2 is 1.85 bits per heavy atom. The number of carbonyl (C=O) groups excluding carboxylic acids is 1. The molecule has 2 N–H and O–H groups in total. The van der Waals surface area contributed by atoms with Gasteiger partial charge in [-0.2, -0.15) is 0 Å². The van der Waals surface area contributed by atoms with Gasteiger partial charge in [0.2, 0.25) is 5.91 Å². The van der Waals surface area contributed by atoms with E-state index in [-0.39, 0.29) is 30.2 Å². The number of carbonyl (C=O) groups is 1. The van der Waals surface area contributed by atoms with Gasteiger partial charge in [-0.1, -0.05) is 18.2 Å². The molecule has 3 rings (SSSR count). The summed E-state index contributed by atoms with van der Waals surface area (Å²) in [6.45, 7) is 0. The molecule has 0 saturated carbocycles. The Bertz CT molecular complexity index is 591. The van der Waals surface area contributed by atoms with Crippen molar-refractivity contribution in [1.29, 1.82) is 0 Å². The van der Waals surface area contributed by atoms with Crippen molar-refractivity contribution >= 4 is 29.7 Å². The van der Waals surface area contributed by atoms with Crippen LogP contribution in [0.1, 0.15) is 5.56 Å². The molecule has 1 amide bonds. The smallest absolute Gasteiger partial charge is 0.247 e. The molecule has 20 heavy (non-hydrogen) atoms. The molecule has 5 heteroatoms. The van der Waals surface area contributed by atoms with Crippen molar-refractivity contribution in [2.24, 2.45) is 0 Å². The minimum absolute atomic E-state index is 0. The van der Waals surface area contributed by atoms with Gasteiger partial charge in [0.25, 0.3) is 0 Å². The van der Waals surface area contributed by atoms with Crippen LogP contribution >= 0.6 is 12.4 Å². The van der Waals surface area contributed by atoms with Crippen molar-refractivity contribution in [3.8, 4) is 0 Å². The van der Waals surface area contributed by atoms with Gasteiger partial charge in [-0.05, 0) is 35.9 Å². The van der Waals surface area contributed by atoms with Crippen molar-refractivity contribution in [3.05, 3.63) is 59.9 Å². The number of para-hydroxylation sites is 1. The number of anilines is 2. The molecular weight excluding hydrogens is 279 g/mol. The number of nitrogens with one attached hydrogen (secondary N) is 2. The summed E-state index contributed by atoms with van der Waals surface area (Å²) in [5.41, 5.74) is 2.74. The van der Waals surface area contributed by atoms with Crippen molar-refractivity contribution in [3.63, 3.8) is 0 Å². The second kappa shape index (κ2) is 5.92. The van der Waals surface area contributed by atoms with Gasteiger partial charge in [0, 0.05) is 17.8 Å². The van der Waals surface area contributed by atoms with E-state index < -0.39 is 0 Å². The number of hydrogen-bond donors (Lipinski definition) is 2. The number of rotatable bonds is 2. The Morgan fingerprint density at radius 1 is 1.15 bits per heavy atom. The molecule has 2 aromatic rings. The molecule has 1 atom stereocenters. The molecule has 1 aliphatic rings. The van der Waals surface area contributed by atoms with Gasteiger partial charge in [0.15, 0.2) is 0 Å². The second-order valence-corrected chi connectivity index (χ2v) is 4.55. The van der Waals surface area contributed by atoms with Crippen LogP contribution in [-0.4, -0.2) is 11.9 Å². The third-order valence-electron chi connectivity index (χ3n) is 3.20. The Hall–Kier alpha value is -2.07. The summed E-state index contributed by atoms with van der Waals surface area (Å²) in [7, 11) is 0. The van der Waals surface area contributed by atoms with Crippen molar-refractivity contribution in [2.45, 2.75) is 12.5 Å². The first-order chi connectivity index (χ1) is 9.22. The van der Waals surface area contributed by atoms with Crippen molar-refractivity contribution in [2.75, 3.05) is 10.6 Å². The number of fused-ring (bicyclic) bond motifs is 1. The molecule has 0 saturated heterocycles. The molecule has 0 aromatic heterocycles. The van der Waals surface area contributed by atoms with Crippen LogP contribution in [0.25, 0.3) is 0 Å². The summed E-state index contributed by atoms with van der Waals surface area (Å²) in [6, 6.07) is 13.3. The lowest BCUT2D eigenvalue weighted by Gasteiger charge is -2.11. The highest BCUT2D eigenvalue weighted by atomic mass is 35.5. The first-order valence-electron chi connectivity index (χ1n) is 6.13. The number of benzene rings is 2. The first kappa shape index (κ1) is 14.3. The molecule has 0 bridgehead atoms. The van der Waals surface area contributed by atoms with Crippen LogP contribution in [0.15, 0.2) is 48.5 Å². The van der Waals surface area contributed by atoms with E-state index in [9.17, 15) is 9.18 Å². The zero-order valence-corrected chi connectivity index (χ0v) is 11.4. The zero-order valence-electron chi connectivity index (χ0n) is 10.6. The normalized spacial score (nSPS) is 15.8. The highest BCUT2D eigenvalue weighted by Gasteiger charge is 2.26. The van der Waals surface area contributed by atoms with Gasteiger partial charge in [-0.15, -0.1) is 12.4 Å². The molecule has 3 nitrogen and oxygen atoms in total. The number of hydrogen-bond acceptors (Lipinski definition) is 2. The van der Waals surface area contributed by atoms with Gasteiger partial charge in [-0.25, -0.2) is 4.39 Å². The third-order valence-corrected chi connectivity index (χ3v) is 3.20. The van der Waals surface area contributed by atoms with Gasteiger partial charge < -0.3 is 10.6 Å². The average molecular weight is 293 g/mol.